The average molecular weight is 987 g/mol. The van der Waals surface area contributed by atoms with Crippen LogP contribution < -0.4 is 54.0 Å². The van der Waals surface area contributed by atoms with E-state index in [4.69, 9.17) is 11.5 Å². The Morgan fingerprint density at radius 2 is 1.06 bits per heavy atom. The maximum Gasteiger partial charge on any atom is 0.328 e. The van der Waals surface area contributed by atoms with Gasteiger partial charge in [-0.25, -0.2) is 4.79 Å². The largest absolute Gasteiger partial charge is 0.508 e. The smallest absolute Gasteiger partial charge is 0.328 e. The van der Waals surface area contributed by atoms with Crippen LogP contribution in [0, 0.1) is 11.8 Å². The summed E-state index contributed by atoms with van der Waals surface area (Å²) in [5.41, 5.74) is 12.6. The Morgan fingerprint density at radius 1 is 0.557 bits per heavy atom. The van der Waals surface area contributed by atoms with E-state index in [2.05, 4.69) is 42.5 Å². The number of aromatic hydroxyl groups is 1. The number of phenols is 1. The van der Waals surface area contributed by atoms with Gasteiger partial charge in [-0.1, -0.05) is 70.2 Å². The maximum absolute atomic E-state index is 13.8. The van der Waals surface area contributed by atoms with Crippen LogP contribution in [0.1, 0.15) is 58.6 Å². The number of carboxylic acid groups (broad SMARTS) is 1. The number of aliphatic carboxylic acids is 1. The molecule has 0 heterocycles. The number of phenolic OH excluding ortho intramolecular Hbond substituents is 1. The Bertz CT molecular complexity index is 2120. The zero-order valence-electron chi connectivity index (χ0n) is 39.5. The highest BCUT2D eigenvalue weighted by Crippen LogP contribution is 2.13. The molecule has 0 saturated carbocycles. The lowest BCUT2D eigenvalue weighted by molar-refractivity contribution is -0.143. The molecular weight excluding hydrogens is 921 g/mol. The van der Waals surface area contributed by atoms with Crippen molar-refractivity contribution >= 4 is 59.1 Å². The number of aliphatic hydroxyl groups excluding tert-OH is 3. The van der Waals surface area contributed by atoms with Gasteiger partial charge in [-0.15, -0.1) is 0 Å². The Labute approximate surface area is 403 Å². The lowest BCUT2D eigenvalue weighted by Crippen LogP contribution is -2.62. The van der Waals surface area contributed by atoms with Gasteiger partial charge in [-0.05, 0) is 54.9 Å². The molecule has 2 rings (SSSR count). The molecule has 0 saturated heterocycles. The van der Waals surface area contributed by atoms with E-state index in [-0.39, 0.29) is 30.9 Å². The summed E-state index contributed by atoms with van der Waals surface area (Å²) in [6.07, 6.45) is -2.80. The fourth-order valence-corrected chi connectivity index (χ4v) is 6.59. The Morgan fingerprint density at radius 3 is 1.59 bits per heavy atom. The van der Waals surface area contributed by atoms with Gasteiger partial charge in [-0.3, -0.25) is 43.2 Å². The fraction of sp³-hybridized carbons (Fsp3) is 0.511. The van der Waals surface area contributed by atoms with Crippen LogP contribution in [0.2, 0.25) is 0 Å². The summed E-state index contributed by atoms with van der Waals surface area (Å²) in [4.78, 5) is 130. The predicted octanol–water partition coefficient (Wildman–Crippen LogP) is -4.96. The van der Waals surface area contributed by atoms with Gasteiger partial charge in [0.05, 0.1) is 38.3 Å². The molecule has 25 nitrogen and oxygen atoms in total. The minimum absolute atomic E-state index is 0.0571. The third-order valence-corrected chi connectivity index (χ3v) is 10.4. The zero-order chi connectivity index (χ0) is 52.8. The van der Waals surface area contributed by atoms with Crippen LogP contribution in [-0.2, 0) is 60.8 Å². The molecule has 0 radical (unpaired) electrons. The van der Waals surface area contributed by atoms with Gasteiger partial charge in [0, 0.05) is 6.42 Å². The number of hydrogen-bond acceptors (Lipinski definition) is 15. The average Bonchev–Trinajstić information content (AvgIpc) is 3.29. The van der Waals surface area contributed by atoms with Crippen molar-refractivity contribution in [2.24, 2.45) is 23.3 Å². The van der Waals surface area contributed by atoms with Gasteiger partial charge < -0.3 is 79.5 Å². The Balaban J connectivity index is 2.28. The van der Waals surface area contributed by atoms with Crippen molar-refractivity contribution in [3.63, 3.8) is 0 Å². The van der Waals surface area contributed by atoms with Gasteiger partial charge in [0.1, 0.15) is 48.0 Å². The first-order valence-corrected chi connectivity index (χ1v) is 22.2. The summed E-state index contributed by atoms with van der Waals surface area (Å²) < 4.78 is 0. The molecule has 2 aromatic rings. The van der Waals surface area contributed by atoms with E-state index < -0.39 is 146 Å². The quantitative estimate of drug-likeness (QED) is 0.0363. The van der Waals surface area contributed by atoms with Crippen LogP contribution in [0.4, 0.5) is 0 Å². The van der Waals surface area contributed by atoms with Gasteiger partial charge in [0.2, 0.25) is 53.2 Å². The number of aliphatic hydroxyl groups is 3. The number of primary amides is 1. The van der Waals surface area contributed by atoms with E-state index in [1.165, 1.54) is 38.1 Å². The molecule has 0 aliphatic rings. The van der Waals surface area contributed by atoms with Gasteiger partial charge in [0.25, 0.3) is 0 Å². The third-order valence-electron chi connectivity index (χ3n) is 10.4. The molecule has 0 bridgehead atoms. The number of rotatable bonds is 29. The highest BCUT2D eigenvalue weighted by Gasteiger charge is 2.36. The van der Waals surface area contributed by atoms with Crippen LogP contribution in [0.5, 0.6) is 5.75 Å². The van der Waals surface area contributed by atoms with Crippen molar-refractivity contribution in [3.8, 4) is 5.75 Å². The Hall–Kier alpha value is -7.22. The van der Waals surface area contributed by atoms with Gasteiger partial charge in [0.15, 0.2) is 0 Å². The normalized spacial score (nSPS) is 15.0. The summed E-state index contributed by atoms with van der Waals surface area (Å²) in [7, 11) is 0. The summed E-state index contributed by atoms with van der Waals surface area (Å²) in [6, 6.07) is 1.85. The topological polar surface area (TPSA) is 420 Å². The molecule has 0 aliphatic carbocycles. The van der Waals surface area contributed by atoms with E-state index >= 15 is 0 Å². The second-order valence-electron chi connectivity index (χ2n) is 17.2. The number of carbonyl (C=O) groups excluding carboxylic acids is 9. The first-order valence-electron chi connectivity index (χ1n) is 22.2. The van der Waals surface area contributed by atoms with Crippen LogP contribution in [0.25, 0.3) is 0 Å². The van der Waals surface area contributed by atoms with Crippen molar-refractivity contribution in [3.05, 3.63) is 65.7 Å². The monoisotopic (exact) mass is 986 g/mol. The zero-order valence-corrected chi connectivity index (χ0v) is 39.5. The molecule has 17 N–H and O–H groups in total. The number of amides is 9. The number of carbonyl (C=O) groups is 10. The fourth-order valence-electron chi connectivity index (χ4n) is 6.59. The maximum atomic E-state index is 13.8. The first kappa shape index (κ1) is 58.9. The molecule has 386 valence electrons. The third kappa shape index (κ3) is 20.2. The molecule has 0 aliphatic heterocycles. The van der Waals surface area contributed by atoms with Crippen molar-refractivity contribution in [1.82, 2.24) is 42.5 Å². The second-order valence-corrected chi connectivity index (χ2v) is 17.2. The highest BCUT2D eigenvalue weighted by atomic mass is 16.4. The van der Waals surface area contributed by atoms with Crippen LogP contribution in [0.15, 0.2) is 54.6 Å². The molecule has 2 aromatic carbocycles. The number of carboxylic acids is 1. The van der Waals surface area contributed by atoms with Crippen molar-refractivity contribution < 1.29 is 73.5 Å². The molecule has 9 amide bonds. The number of benzene rings is 2. The molecule has 25 heteroatoms. The molecule has 9 atom stereocenters. The predicted molar refractivity (Wildman–Crippen MR) is 248 cm³/mol. The van der Waals surface area contributed by atoms with Crippen molar-refractivity contribution in [1.29, 1.82) is 0 Å². The number of nitrogens with one attached hydrogen (secondary N) is 8. The van der Waals surface area contributed by atoms with E-state index in [0.29, 0.717) is 5.56 Å². The number of nitrogens with two attached hydrogens (primary N) is 2. The van der Waals surface area contributed by atoms with E-state index in [1.807, 2.05) is 0 Å². The molecule has 0 fully saturated rings. The van der Waals surface area contributed by atoms with Gasteiger partial charge >= 0.3 is 5.97 Å². The molecule has 70 heavy (non-hydrogen) atoms. The standard InChI is InChI=1S/C45H66N10O15/c1-22(2)15-29(49-42(66)32(20-56)52-38(62)28(46)16-25-9-7-6-8-10-25)40(64)50-31(18-34(47)60)41(65)55-37(24(5)58)44(68)51-30(17-26-11-13-27(59)14-12-26)39(63)48-19-35(61)54-36(23(3)4)43(67)53-33(21-57)45(69)70/h6-14,22-24,28-33,36-37,56-59H,15-21,46H2,1-5H3,(H2,47,60)(H,48,63)(H,49,66)(H,50,64)(H,51,68)(H,52,62)(H,53,67)(H,54,61)(H,55,65)(H,69,70)/t24-,28+,29+,30+,31+,32+,33+,36+,37+/m1/s1. The molecule has 0 spiro atoms. The van der Waals surface area contributed by atoms with Crippen LogP contribution in [-0.4, -0.2) is 159 Å². The molecular formula is C45H66N10O15. The van der Waals surface area contributed by atoms with Crippen molar-refractivity contribution in [2.45, 2.75) is 115 Å². The van der Waals surface area contributed by atoms with Gasteiger partial charge in [-0.2, -0.15) is 0 Å². The minimum atomic E-state index is -1.88. The molecule has 0 aromatic heterocycles. The summed E-state index contributed by atoms with van der Waals surface area (Å²) in [5.74, 6) is -11.6. The Kier molecular flexibility index (Phi) is 24.4. The number of hydrogen-bond donors (Lipinski definition) is 15. The molecule has 0 unspecified atom stereocenters. The summed E-state index contributed by atoms with van der Waals surface area (Å²) in [5, 5.41) is 67.5. The van der Waals surface area contributed by atoms with Crippen molar-refractivity contribution in [2.75, 3.05) is 19.8 Å². The van der Waals surface area contributed by atoms with E-state index in [1.54, 1.807) is 44.2 Å². The first-order chi connectivity index (χ1) is 32.9. The lowest BCUT2D eigenvalue weighted by Gasteiger charge is -2.28. The van der Waals surface area contributed by atoms with Crippen LogP contribution in [0.3, 0.4) is 0 Å². The van der Waals surface area contributed by atoms with E-state index in [0.717, 1.165) is 12.5 Å². The van der Waals surface area contributed by atoms with Crippen LogP contribution >= 0.6 is 0 Å². The highest BCUT2D eigenvalue weighted by molar-refractivity contribution is 5.99. The lowest BCUT2D eigenvalue weighted by atomic mass is 10.0. The summed E-state index contributed by atoms with van der Waals surface area (Å²) >= 11 is 0. The summed E-state index contributed by atoms with van der Waals surface area (Å²) in [6.45, 7) is 4.98. The SMILES string of the molecule is CC(C)C[C@H](NC(=O)[C@H](CO)NC(=O)[C@@H](N)Cc1ccccc1)C(=O)N[C@@H](CC(N)=O)C(=O)N[C@H](C(=O)N[C@@H](Cc1ccc(O)cc1)C(=O)NCC(=O)N[C@H](C(=O)N[C@@H](CO)C(=O)O)C(C)C)[C@@H](C)O. The van der Waals surface area contributed by atoms with E-state index in [9.17, 15) is 73.5 Å². The minimum Gasteiger partial charge on any atom is -0.508 e. The second kappa shape index (κ2) is 29.0.